The fourth-order valence-corrected chi connectivity index (χ4v) is 2.31. The molecule has 2 nitrogen and oxygen atoms in total. The van der Waals surface area contributed by atoms with Crippen molar-refractivity contribution in [1.29, 1.82) is 0 Å². The summed E-state index contributed by atoms with van der Waals surface area (Å²) in [6.07, 6.45) is -3.67. The highest BCUT2D eigenvalue weighted by molar-refractivity contribution is 6.49. The molecule has 0 aliphatic heterocycles. The van der Waals surface area contributed by atoms with E-state index in [-0.39, 0.29) is 31.9 Å². The summed E-state index contributed by atoms with van der Waals surface area (Å²) >= 11 is 17.6. The summed E-state index contributed by atoms with van der Waals surface area (Å²) in [4.78, 5) is 14.5. The Balaban J connectivity index is 2.73. The number of pyridine rings is 1. The Morgan fingerprint density at radius 3 is 2.29 bits per heavy atom. The van der Waals surface area contributed by atoms with Gasteiger partial charge in [0.1, 0.15) is 5.69 Å². The number of hydrogen-bond donors (Lipinski definition) is 0. The fourth-order valence-electron chi connectivity index (χ4n) is 1.67. The van der Waals surface area contributed by atoms with Gasteiger partial charge >= 0.3 is 6.18 Å². The zero-order chi connectivity index (χ0) is 15.8. The maximum absolute atomic E-state index is 12.8. The lowest BCUT2D eigenvalue weighted by Gasteiger charge is -2.12. The molecule has 0 amide bonds. The molecule has 1 aromatic heterocycles. The van der Waals surface area contributed by atoms with Gasteiger partial charge in [0.25, 0.3) is 0 Å². The Hall–Kier alpha value is -1.30. The highest BCUT2D eigenvalue weighted by Gasteiger charge is 2.32. The van der Waals surface area contributed by atoms with Gasteiger partial charge in [-0.15, -0.1) is 0 Å². The summed E-state index contributed by atoms with van der Waals surface area (Å²) in [5.41, 5.74) is -1.09. The van der Waals surface area contributed by atoms with E-state index in [2.05, 4.69) is 4.98 Å². The molecule has 0 radical (unpaired) electrons. The molecule has 0 atom stereocenters. The van der Waals surface area contributed by atoms with Gasteiger partial charge in [-0.2, -0.15) is 13.2 Å². The van der Waals surface area contributed by atoms with Gasteiger partial charge in [0.05, 0.1) is 20.6 Å². The molecule has 1 heterocycles. The second kappa shape index (κ2) is 5.83. The van der Waals surface area contributed by atoms with E-state index in [1.807, 2.05) is 0 Å². The predicted molar refractivity (Wildman–Crippen MR) is 75.1 cm³/mol. The normalized spacial score (nSPS) is 11.5. The Morgan fingerprint density at radius 1 is 1.05 bits per heavy atom. The second-order valence-corrected chi connectivity index (χ2v) is 5.16. The third-order valence-electron chi connectivity index (χ3n) is 2.68. The molecule has 0 aliphatic carbocycles. The summed E-state index contributed by atoms with van der Waals surface area (Å²) in [6.45, 7) is 0. The van der Waals surface area contributed by atoms with E-state index < -0.39 is 11.7 Å². The first-order valence-corrected chi connectivity index (χ1v) is 6.55. The van der Waals surface area contributed by atoms with E-state index in [0.717, 1.165) is 6.07 Å². The van der Waals surface area contributed by atoms with Gasteiger partial charge in [-0.3, -0.25) is 9.78 Å². The lowest BCUT2D eigenvalue weighted by molar-refractivity contribution is -0.137. The zero-order valence-corrected chi connectivity index (χ0v) is 12.3. The number of aldehydes is 1. The predicted octanol–water partition coefficient (Wildman–Crippen LogP) is 5.54. The first-order valence-electron chi connectivity index (χ1n) is 5.42. The van der Waals surface area contributed by atoms with Crippen molar-refractivity contribution in [3.8, 4) is 11.1 Å². The third kappa shape index (κ3) is 3.15. The van der Waals surface area contributed by atoms with Gasteiger partial charge in [-0.25, -0.2) is 0 Å². The average molecular weight is 355 g/mol. The maximum Gasteiger partial charge on any atom is 0.417 e. The molecular formula is C13H5Cl3F3NO. The van der Waals surface area contributed by atoms with E-state index in [0.29, 0.717) is 12.5 Å². The number of hydrogen-bond acceptors (Lipinski definition) is 2. The highest BCUT2D eigenvalue weighted by atomic mass is 35.5. The minimum atomic E-state index is -4.59. The van der Waals surface area contributed by atoms with Crippen molar-refractivity contribution in [1.82, 2.24) is 4.98 Å². The second-order valence-electron chi connectivity index (χ2n) is 4.00. The van der Waals surface area contributed by atoms with Crippen LogP contribution in [0, 0.1) is 0 Å². The van der Waals surface area contributed by atoms with Crippen molar-refractivity contribution in [2.45, 2.75) is 6.18 Å². The topological polar surface area (TPSA) is 30.0 Å². The van der Waals surface area contributed by atoms with Crippen molar-refractivity contribution >= 4 is 41.1 Å². The Morgan fingerprint density at radius 2 is 1.71 bits per heavy atom. The molecule has 110 valence electrons. The zero-order valence-electron chi connectivity index (χ0n) is 10.0. The van der Waals surface area contributed by atoms with E-state index in [1.165, 1.54) is 12.1 Å². The largest absolute Gasteiger partial charge is 0.417 e. The molecule has 2 aromatic rings. The molecule has 0 spiro atoms. The van der Waals surface area contributed by atoms with Crippen LogP contribution in [0.15, 0.2) is 24.4 Å². The minimum Gasteiger partial charge on any atom is -0.296 e. The Kier molecular flexibility index (Phi) is 4.46. The Labute approximate surface area is 132 Å². The third-order valence-corrected chi connectivity index (χ3v) is 3.98. The van der Waals surface area contributed by atoms with Crippen molar-refractivity contribution in [3.05, 3.63) is 50.7 Å². The number of rotatable bonds is 2. The number of nitrogens with zero attached hydrogens (tertiary/aromatic N) is 1. The van der Waals surface area contributed by atoms with Crippen LogP contribution in [-0.4, -0.2) is 11.3 Å². The summed E-state index contributed by atoms with van der Waals surface area (Å²) in [6, 6.07) is 3.54. The lowest BCUT2D eigenvalue weighted by Crippen LogP contribution is -2.07. The van der Waals surface area contributed by atoms with Crippen molar-refractivity contribution in [3.63, 3.8) is 0 Å². The first-order chi connectivity index (χ1) is 9.75. The van der Waals surface area contributed by atoms with Crippen LogP contribution in [-0.2, 0) is 6.18 Å². The summed E-state index contributed by atoms with van der Waals surface area (Å²) in [5.74, 6) is 0. The van der Waals surface area contributed by atoms with E-state index >= 15 is 0 Å². The van der Waals surface area contributed by atoms with Crippen LogP contribution in [0.4, 0.5) is 13.2 Å². The van der Waals surface area contributed by atoms with Gasteiger partial charge in [0.15, 0.2) is 6.29 Å². The monoisotopic (exact) mass is 353 g/mol. The van der Waals surface area contributed by atoms with Crippen LogP contribution < -0.4 is 0 Å². The van der Waals surface area contributed by atoms with Gasteiger partial charge in [-0.05, 0) is 12.1 Å². The minimum absolute atomic E-state index is 0.00917. The first kappa shape index (κ1) is 16.1. The average Bonchev–Trinajstić information content (AvgIpc) is 2.43. The SMILES string of the molecule is O=Cc1ncc(C(F)(F)F)cc1-c1ccc(Cl)c(Cl)c1Cl. The molecule has 0 saturated heterocycles. The van der Waals surface area contributed by atoms with Crippen molar-refractivity contribution in [2.24, 2.45) is 0 Å². The molecule has 0 aliphatic rings. The van der Waals surface area contributed by atoms with Crippen molar-refractivity contribution in [2.75, 3.05) is 0 Å². The summed E-state index contributed by atoms with van der Waals surface area (Å²) in [5, 5.41) is 0.0940. The molecule has 8 heteroatoms. The smallest absolute Gasteiger partial charge is 0.296 e. The van der Waals surface area contributed by atoms with Crippen molar-refractivity contribution < 1.29 is 18.0 Å². The lowest BCUT2D eigenvalue weighted by atomic mass is 10.0. The highest BCUT2D eigenvalue weighted by Crippen LogP contribution is 2.40. The van der Waals surface area contributed by atoms with E-state index in [9.17, 15) is 18.0 Å². The van der Waals surface area contributed by atoms with Gasteiger partial charge in [-0.1, -0.05) is 40.9 Å². The summed E-state index contributed by atoms with van der Waals surface area (Å²) in [7, 11) is 0. The molecule has 21 heavy (non-hydrogen) atoms. The van der Waals surface area contributed by atoms with Crippen LogP contribution in [0.1, 0.15) is 16.1 Å². The molecule has 0 bridgehead atoms. The quantitative estimate of drug-likeness (QED) is 0.523. The number of aromatic nitrogens is 1. The van der Waals surface area contributed by atoms with Gasteiger partial charge in [0, 0.05) is 17.3 Å². The van der Waals surface area contributed by atoms with Crippen LogP contribution in [0.5, 0.6) is 0 Å². The standard InChI is InChI=1S/C13H5Cl3F3NO/c14-9-2-1-7(11(15)12(9)16)8-3-6(13(17,18)19)4-20-10(8)5-21/h1-5H. The molecule has 0 fully saturated rings. The van der Waals surface area contributed by atoms with Crippen LogP contribution in [0.2, 0.25) is 15.1 Å². The van der Waals surface area contributed by atoms with Crippen LogP contribution in [0.25, 0.3) is 11.1 Å². The number of benzene rings is 1. The molecule has 0 N–H and O–H groups in total. The molecule has 1 aromatic carbocycles. The fraction of sp³-hybridized carbons (Fsp3) is 0.0769. The Bertz CT molecular complexity index is 717. The number of halogens is 6. The van der Waals surface area contributed by atoms with Crippen LogP contribution in [0.3, 0.4) is 0 Å². The van der Waals surface area contributed by atoms with Gasteiger partial charge in [0.2, 0.25) is 0 Å². The molecule has 0 saturated carbocycles. The van der Waals surface area contributed by atoms with E-state index in [4.69, 9.17) is 34.8 Å². The summed E-state index contributed by atoms with van der Waals surface area (Å²) < 4.78 is 38.3. The molecule has 2 rings (SSSR count). The van der Waals surface area contributed by atoms with Gasteiger partial charge < -0.3 is 0 Å². The molecular weight excluding hydrogens is 350 g/mol. The maximum atomic E-state index is 12.8. The van der Waals surface area contributed by atoms with E-state index in [1.54, 1.807) is 0 Å². The number of carbonyl (C=O) groups excluding carboxylic acids is 1. The number of carbonyl (C=O) groups is 1. The number of alkyl halides is 3. The van der Waals surface area contributed by atoms with Crippen LogP contribution >= 0.6 is 34.8 Å². The molecule has 0 unspecified atom stereocenters.